The van der Waals surface area contributed by atoms with Crippen molar-refractivity contribution in [3.63, 3.8) is 0 Å². The highest BCUT2D eigenvalue weighted by molar-refractivity contribution is 5.86. The Hall–Kier alpha value is -1.82. The zero-order valence-electron chi connectivity index (χ0n) is 10.7. The van der Waals surface area contributed by atoms with Crippen molar-refractivity contribution in [1.82, 2.24) is 0 Å². The van der Waals surface area contributed by atoms with E-state index in [2.05, 4.69) is 75.4 Å². The van der Waals surface area contributed by atoms with Gasteiger partial charge in [0.25, 0.3) is 0 Å². The normalized spacial score (nSPS) is 13.1. The van der Waals surface area contributed by atoms with Gasteiger partial charge in [-0.05, 0) is 54.3 Å². The Morgan fingerprint density at radius 2 is 1.65 bits per heavy atom. The fourth-order valence-electron chi connectivity index (χ4n) is 2.03. The highest BCUT2D eigenvalue weighted by atomic mass is 14.0. The van der Waals surface area contributed by atoms with Gasteiger partial charge in [0.1, 0.15) is 0 Å². The van der Waals surface area contributed by atoms with Crippen molar-refractivity contribution in [2.24, 2.45) is 0 Å². The van der Waals surface area contributed by atoms with Crippen LogP contribution < -0.4 is 0 Å². The van der Waals surface area contributed by atoms with Crippen molar-refractivity contribution in [2.45, 2.75) is 20.8 Å². The van der Waals surface area contributed by atoms with Crippen LogP contribution in [-0.2, 0) is 0 Å². The van der Waals surface area contributed by atoms with Crippen molar-refractivity contribution < 1.29 is 0 Å². The third-order valence-corrected chi connectivity index (χ3v) is 3.19. The van der Waals surface area contributed by atoms with E-state index in [9.17, 15) is 0 Å². The van der Waals surface area contributed by atoms with Gasteiger partial charge < -0.3 is 0 Å². The molecule has 2 aromatic carbocycles. The predicted molar refractivity (Wildman–Crippen MR) is 77.0 cm³/mol. The molecular weight excluding hydrogens is 204 g/mol. The Balaban J connectivity index is 2.53. The van der Waals surface area contributed by atoms with Gasteiger partial charge in [0, 0.05) is 0 Å². The molecule has 0 bridgehead atoms. The van der Waals surface area contributed by atoms with Crippen LogP contribution in [-0.4, -0.2) is 0 Å². The van der Waals surface area contributed by atoms with Crippen LogP contribution in [0.2, 0.25) is 0 Å². The summed E-state index contributed by atoms with van der Waals surface area (Å²) in [5.74, 6) is 0. The molecule has 0 saturated heterocycles. The molecule has 0 atom stereocenters. The molecule has 0 fully saturated rings. The van der Waals surface area contributed by atoms with Gasteiger partial charge >= 0.3 is 0 Å². The second-order valence-corrected chi connectivity index (χ2v) is 4.37. The predicted octanol–water partition coefficient (Wildman–Crippen LogP) is 5.21. The van der Waals surface area contributed by atoms with Gasteiger partial charge in [-0.15, -0.1) is 0 Å². The number of fused-ring (bicyclic) bond motifs is 1. The lowest BCUT2D eigenvalue weighted by atomic mass is 9.99. The largest absolute Gasteiger partial charge is 0.0874 e. The highest BCUT2D eigenvalue weighted by Gasteiger charge is 2.00. The molecule has 0 spiro atoms. The van der Waals surface area contributed by atoms with Crippen molar-refractivity contribution in [2.75, 3.05) is 0 Å². The summed E-state index contributed by atoms with van der Waals surface area (Å²) < 4.78 is 0. The van der Waals surface area contributed by atoms with Crippen LogP contribution in [0, 0.1) is 0 Å². The van der Waals surface area contributed by atoms with E-state index in [1.807, 2.05) is 0 Å². The zero-order chi connectivity index (χ0) is 12.3. The van der Waals surface area contributed by atoms with Gasteiger partial charge in [0.2, 0.25) is 0 Å². The molecule has 0 aliphatic carbocycles. The SMILES string of the molecule is CC=CC(C)=C(C)c1ccc2ccccc2c1. The average Bonchev–Trinajstić information content (AvgIpc) is 2.37. The van der Waals surface area contributed by atoms with Gasteiger partial charge in [-0.3, -0.25) is 0 Å². The molecule has 2 aromatic rings. The first-order valence-electron chi connectivity index (χ1n) is 6.01. The third-order valence-electron chi connectivity index (χ3n) is 3.19. The van der Waals surface area contributed by atoms with Crippen molar-refractivity contribution in [3.8, 4) is 0 Å². The maximum atomic E-state index is 2.26. The molecule has 0 heterocycles. The Kier molecular flexibility index (Phi) is 3.43. The van der Waals surface area contributed by atoms with Crippen molar-refractivity contribution >= 4 is 16.3 Å². The highest BCUT2D eigenvalue weighted by Crippen LogP contribution is 2.23. The van der Waals surface area contributed by atoms with Crippen LogP contribution in [0.5, 0.6) is 0 Å². The maximum absolute atomic E-state index is 2.26. The van der Waals surface area contributed by atoms with Crippen molar-refractivity contribution in [1.29, 1.82) is 0 Å². The van der Waals surface area contributed by atoms with Gasteiger partial charge in [-0.2, -0.15) is 0 Å². The lowest BCUT2D eigenvalue weighted by molar-refractivity contribution is 1.45. The minimum Gasteiger partial charge on any atom is -0.0874 e. The molecule has 0 aromatic heterocycles. The second-order valence-electron chi connectivity index (χ2n) is 4.37. The van der Waals surface area contributed by atoms with Crippen LogP contribution in [0.25, 0.3) is 16.3 Å². The fraction of sp³-hybridized carbons (Fsp3) is 0.176. The average molecular weight is 222 g/mol. The van der Waals surface area contributed by atoms with Crippen LogP contribution in [0.1, 0.15) is 26.3 Å². The molecule has 0 nitrogen and oxygen atoms in total. The molecule has 0 saturated carbocycles. The second kappa shape index (κ2) is 5.01. The summed E-state index contributed by atoms with van der Waals surface area (Å²) in [6.07, 6.45) is 4.24. The first-order chi connectivity index (χ1) is 8.22. The fourth-order valence-corrected chi connectivity index (χ4v) is 2.03. The quantitative estimate of drug-likeness (QED) is 0.612. The summed E-state index contributed by atoms with van der Waals surface area (Å²) in [6, 6.07) is 15.1. The van der Waals surface area contributed by atoms with E-state index >= 15 is 0 Å². The number of benzene rings is 2. The van der Waals surface area contributed by atoms with Crippen molar-refractivity contribution in [3.05, 3.63) is 65.8 Å². The Bertz CT molecular complexity index is 586. The Morgan fingerprint density at radius 3 is 2.35 bits per heavy atom. The molecule has 0 heteroatoms. The summed E-state index contributed by atoms with van der Waals surface area (Å²) in [7, 11) is 0. The summed E-state index contributed by atoms with van der Waals surface area (Å²) in [4.78, 5) is 0. The number of rotatable bonds is 2. The topological polar surface area (TPSA) is 0 Å². The lowest BCUT2D eigenvalue weighted by Crippen LogP contribution is -1.83. The lowest BCUT2D eigenvalue weighted by Gasteiger charge is -2.06. The van der Waals surface area contributed by atoms with E-state index in [4.69, 9.17) is 0 Å². The summed E-state index contributed by atoms with van der Waals surface area (Å²) in [6.45, 7) is 6.39. The number of hydrogen-bond acceptors (Lipinski definition) is 0. The minimum absolute atomic E-state index is 1.30. The van der Waals surface area contributed by atoms with E-state index in [1.54, 1.807) is 0 Å². The van der Waals surface area contributed by atoms with Gasteiger partial charge in [0.05, 0.1) is 0 Å². The molecule has 0 radical (unpaired) electrons. The van der Waals surface area contributed by atoms with Gasteiger partial charge in [-0.1, -0.05) is 48.6 Å². The third kappa shape index (κ3) is 2.47. The van der Waals surface area contributed by atoms with E-state index < -0.39 is 0 Å². The van der Waals surface area contributed by atoms with E-state index in [-0.39, 0.29) is 0 Å². The van der Waals surface area contributed by atoms with Gasteiger partial charge in [0.15, 0.2) is 0 Å². The monoisotopic (exact) mass is 222 g/mol. The van der Waals surface area contributed by atoms with Crippen LogP contribution in [0.4, 0.5) is 0 Å². The first-order valence-corrected chi connectivity index (χ1v) is 6.01. The Labute approximate surface area is 103 Å². The zero-order valence-corrected chi connectivity index (χ0v) is 10.7. The van der Waals surface area contributed by atoms with Crippen LogP contribution >= 0.6 is 0 Å². The van der Waals surface area contributed by atoms with E-state index in [1.165, 1.54) is 27.5 Å². The standard InChI is InChI=1S/C17H18/c1-4-7-13(2)14(3)16-11-10-15-8-5-6-9-17(15)12-16/h4-12H,1-3H3. The van der Waals surface area contributed by atoms with Gasteiger partial charge in [-0.25, -0.2) is 0 Å². The molecule has 0 aliphatic heterocycles. The smallest absolute Gasteiger partial charge is 0.0178 e. The number of hydrogen-bond donors (Lipinski definition) is 0. The molecule has 86 valence electrons. The van der Waals surface area contributed by atoms with E-state index in [0.29, 0.717) is 0 Å². The minimum atomic E-state index is 1.30. The summed E-state index contributed by atoms with van der Waals surface area (Å²) in [5, 5.41) is 2.60. The molecule has 17 heavy (non-hydrogen) atoms. The molecule has 0 unspecified atom stereocenters. The van der Waals surface area contributed by atoms with Crippen LogP contribution in [0.15, 0.2) is 60.2 Å². The van der Waals surface area contributed by atoms with E-state index in [0.717, 1.165) is 0 Å². The van der Waals surface area contributed by atoms with Crippen LogP contribution in [0.3, 0.4) is 0 Å². The molecular formula is C17H18. The molecule has 0 aliphatic rings. The molecule has 0 N–H and O–H groups in total. The number of allylic oxidation sites excluding steroid dienone is 4. The Morgan fingerprint density at radius 1 is 0.941 bits per heavy atom. The molecule has 2 rings (SSSR count). The summed E-state index contributed by atoms with van der Waals surface area (Å²) >= 11 is 0. The molecule has 0 amide bonds. The maximum Gasteiger partial charge on any atom is -0.0178 e. The first kappa shape index (κ1) is 11.7. The summed E-state index contributed by atoms with van der Waals surface area (Å²) in [5.41, 5.74) is 3.97.